The summed E-state index contributed by atoms with van der Waals surface area (Å²) in [7, 11) is 0. The van der Waals surface area contributed by atoms with Gasteiger partial charge < -0.3 is 10.2 Å². The highest BCUT2D eigenvalue weighted by atomic mass is 35.5. The average molecular weight is 472 g/mol. The molecule has 158 valence electrons. The number of halogens is 1. The molecule has 2 aromatic carbocycles. The lowest BCUT2D eigenvalue weighted by Gasteiger charge is -2.18. The Labute approximate surface area is 191 Å². The number of nitrogens with zero attached hydrogens (tertiary/aromatic N) is 6. The molecule has 1 fully saturated rings. The van der Waals surface area contributed by atoms with Gasteiger partial charge in [-0.25, -0.2) is 0 Å². The number of hydrogen-bond donors (Lipinski definition) is 1. The fraction of sp³-hybridized carbons (Fsp3) is 0.250. The highest BCUT2D eigenvalue weighted by Crippen LogP contribution is 2.30. The Bertz CT molecular complexity index is 1240. The normalized spacial score (nSPS) is 13.8. The predicted molar refractivity (Wildman–Crippen MR) is 125 cm³/mol. The third-order valence-corrected chi connectivity index (χ3v) is 6.67. The summed E-state index contributed by atoms with van der Waals surface area (Å²) in [5.41, 5.74) is 3.00. The Kier molecular flexibility index (Phi) is 5.75. The van der Waals surface area contributed by atoms with Crippen molar-refractivity contribution in [1.29, 1.82) is 0 Å². The minimum Gasteiger partial charge on any atom is -0.341 e. The van der Waals surface area contributed by atoms with E-state index in [2.05, 4.69) is 29.2 Å². The van der Waals surface area contributed by atoms with Crippen molar-refractivity contribution >= 4 is 63.7 Å². The van der Waals surface area contributed by atoms with Gasteiger partial charge in [0.1, 0.15) is 11.0 Å². The molecular formula is C20H18ClN7OS2. The Hall–Kier alpha value is -2.69. The van der Waals surface area contributed by atoms with Crippen LogP contribution in [0.25, 0.3) is 16.7 Å². The lowest BCUT2D eigenvalue weighted by Crippen LogP contribution is -2.22. The smallest absolute Gasteiger partial charge is 0.234 e. The van der Waals surface area contributed by atoms with Crippen LogP contribution >= 0.6 is 35.1 Å². The van der Waals surface area contributed by atoms with Gasteiger partial charge in [-0.3, -0.25) is 9.36 Å². The van der Waals surface area contributed by atoms with E-state index in [9.17, 15) is 4.79 Å². The number of nitrogens with one attached hydrogen (secondary N) is 1. The molecule has 0 radical (unpaired) electrons. The average Bonchev–Trinajstić information content (AvgIpc) is 3.52. The maximum absolute atomic E-state index is 12.7. The van der Waals surface area contributed by atoms with Crippen LogP contribution in [-0.2, 0) is 4.79 Å². The van der Waals surface area contributed by atoms with E-state index in [4.69, 9.17) is 11.6 Å². The molecule has 0 atom stereocenters. The lowest BCUT2D eigenvalue weighted by molar-refractivity contribution is -0.113. The minimum atomic E-state index is -0.145. The molecular weight excluding hydrogens is 454 g/mol. The van der Waals surface area contributed by atoms with Crippen LogP contribution in [-0.4, -0.2) is 48.3 Å². The number of fused-ring (bicyclic) bond motifs is 1. The highest BCUT2D eigenvalue weighted by Gasteiger charge is 2.23. The number of hydrogen-bond acceptors (Lipinski definition) is 8. The number of aromatic nitrogens is 5. The van der Waals surface area contributed by atoms with Crippen molar-refractivity contribution in [2.24, 2.45) is 0 Å². The second-order valence-electron chi connectivity index (χ2n) is 7.07. The van der Waals surface area contributed by atoms with Crippen LogP contribution in [0.5, 0.6) is 0 Å². The van der Waals surface area contributed by atoms with Crippen LogP contribution in [0.2, 0.25) is 5.02 Å². The zero-order chi connectivity index (χ0) is 21.2. The van der Waals surface area contributed by atoms with Gasteiger partial charge >= 0.3 is 0 Å². The third kappa shape index (κ3) is 4.23. The van der Waals surface area contributed by atoms with Crippen molar-refractivity contribution in [3.8, 4) is 5.69 Å². The summed E-state index contributed by atoms with van der Waals surface area (Å²) in [5.74, 6) is 0.821. The quantitative estimate of drug-likeness (QED) is 0.420. The molecule has 1 amide bonds. The molecule has 5 rings (SSSR count). The van der Waals surface area contributed by atoms with E-state index in [1.165, 1.54) is 11.8 Å². The molecule has 2 aromatic heterocycles. The zero-order valence-corrected chi connectivity index (χ0v) is 18.8. The molecule has 1 aliphatic rings. The summed E-state index contributed by atoms with van der Waals surface area (Å²) in [6.07, 6.45) is 2.26. The molecule has 8 nitrogen and oxygen atoms in total. The molecule has 1 saturated heterocycles. The van der Waals surface area contributed by atoms with Gasteiger partial charge in [0.15, 0.2) is 5.16 Å². The van der Waals surface area contributed by atoms with E-state index in [-0.39, 0.29) is 11.7 Å². The lowest BCUT2D eigenvalue weighted by atomic mass is 10.2. The number of benzene rings is 2. The fourth-order valence-corrected chi connectivity index (χ4v) is 5.02. The maximum atomic E-state index is 12.7. The number of rotatable bonds is 6. The van der Waals surface area contributed by atoms with Crippen LogP contribution in [0.15, 0.2) is 47.6 Å². The summed E-state index contributed by atoms with van der Waals surface area (Å²) in [4.78, 5) is 14.9. The number of carbonyl (C=O) groups is 1. The summed E-state index contributed by atoms with van der Waals surface area (Å²) >= 11 is 8.70. The van der Waals surface area contributed by atoms with Gasteiger partial charge in [0.05, 0.1) is 28.9 Å². The van der Waals surface area contributed by atoms with Crippen molar-refractivity contribution in [3.05, 3.63) is 47.5 Å². The molecule has 1 N–H and O–H groups in total. The van der Waals surface area contributed by atoms with Gasteiger partial charge in [-0.1, -0.05) is 35.5 Å². The molecule has 4 aromatic rings. The molecule has 3 heterocycles. The van der Waals surface area contributed by atoms with Gasteiger partial charge in [-0.05, 0) is 43.2 Å². The molecule has 11 heteroatoms. The number of carbonyl (C=O) groups excluding carboxylic acids is 1. The van der Waals surface area contributed by atoms with Crippen LogP contribution < -0.4 is 10.2 Å². The fourth-order valence-electron chi connectivity index (χ4n) is 3.54. The van der Waals surface area contributed by atoms with Crippen LogP contribution in [0, 0.1) is 0 Å². The van der Waals surface area contributed by atoms with Gasteiger partial charge in [-0.15, -0.1) is 10.2 Å². The first-order valence-electron chi connectivity index (χ1n) is 9.79. The monoisotopic (exact) mass is 471 g/mol. The first-order chi connectivity index (χ1) is 15.2. The van der Waals surface area contributed by atoms with E-state index >= 15 is 0 Å². The topological polar surface area (TPSA) is 88.8 Å². The molecule has 31 heavy (non-hydrogen) atoms. The van der Waals surface area contributed by atoms with E-state index in [1.54, 1.807) is 0 Å². The van der Waals surface area contributed by atoms with Crippen LogP contribution in [0.1, 0.15) is 12.8 Å². The predicted octanol–water partition coefficient (Wildman–Crippen LogP) is 4.26. The standard InChI is InChI=1S/C20H18ClN7OS2/c21-13-5-3-6-14(11-13)28-19(27-9-1-2-10-27)23-24-20(28)30-12-17(29)22-15-7-4-8-16-18(15)26-31-25-16/h3-8,11H,1-2,9-10,12H2,(H,22,29). The van der Waals surface area contributed by atoms with E-state index in [0.29, 0.717) is 21.4 Å². The van der Waals surface area contributed by atoms with Crippen molar-refractivity contribution in [2.75, 3.05) is 29.1 Å². The molecule has 0 aliphatic carbocycles. The minimum absolute atomic E-state index is 0.145. The van der Waals surface area contributed by atoms with Gasteiger partial charge in [-0.2, -0.15) is 8.75 Å². The van der Waals surface area contributed by atoms with E-state index in [0.717, 1.165) is 54.8 Å². The highest BCUT2D eigenvalue weighted by molar-refractivity contribution is 7.99. The molecule has 1 aliphatic heterocycles. The van der Waals surface area contributed by atoms with Gasteiger partial charge in [0.2, 0.25) is 11.9 Å². The summed E-state index contributed by atoms with van der Waals surface area (Å²) in [6.45, 7) is 1.88. The second-order valence-corrected chi connectivity index (χ2v) is 8.97. The maximum Gasteiger partial charge on any atom is 0.234 e. The van der Waals surface area contributed by atoms with E-state index in [1.807, 2.05) is 47.0 Å². The second kappa shape index (κ2) is 8.81. The summed E-state index contributed by atoms with van der Waals surface area (Å²) < 4.78 is 10.4. The SMILES string of the molecule is O=C(CSc1nnc(N2CCCC2)n1-c1cccc(Cl)c1)Nc1cccc2nsnc12. The molecule has 0 bridgehead atoms. The number of thioether (sulfide) groups is 1. The van der Waals surface area contributed by atoms with Crippen molar-refractivity contribution < 1.29 is 4.79 Å². The van der Waals surface area contributed by atoms with Crippen LogP contribution in [0.4, 0.5) is 11.6 Å². The largest absolute Gasteiger partial charge is 0.341 e. The van der Waals surface area contributed by atoms with Crippen molar-refractivity contribution in [3.63, 3.8) is 0 Å². The zero-order valence-electron chi connectivity index (χ0n) is 16.4. The Morgan fingerprint density at radius 2 is 1.97 bits per heavy atom. The first-order valence-corrected chi connectivity index (χ1v) is 11.9. The Morgan fingerprint density at radius 1 is 1.13 bits per heavy atom. The van der Waals surface area contributed by atoms with Crippen LogP contribution in [0.3, 0.4) is 0 Å². The van der Waals surface area contributed by atoms with Crippen molar-refractivity contribution in [2.45, 2.75) is 18.0 Å². The Balaban J connectivity index is 1.37. The Morgan fingerprint density at radius 3 is 2.81 bits per heavy atom. The molecule has 0 spiro atoms. The summed E-state index contributed by atoms with van der Waals surface area (Å²) in [5, 5.41) is 13.0. The first kappa shape index (κ1) is 20.2. The van der Waals surface area contributed by atoms with Gasteiger partial charge in [0.25, 0.3) is 0 Å². The van der Waals surface area contributed by atoms with Crippen molar-refractivity contribution in [1.82, 2.24) is 23.5 Å². The number of anilines is 2. The van der Waals surface area contributed by atoms with Gasteiger partial charge in [0, 0.05) is 18.1 Å². The third-order valence-electron chi connectivity index (χ3n) is 4.96. The summed E-state index contributed by atoms with van der Waals surface area (Å²) in [6, 6.07) is 13.1. The molecule has 0 saturated carbocycles. The van der Waals surface area contributed by atoms with E-state index < -0.39 is 0 Å². The number of amides is 1. The molecule has 0 unspecified atom stereocenters.